The molecule has 9 unspecified atom stereocenters. The van der Waals surface area contributed by atoms with Crippen molar-refractivity contribution in [2.24, 2.45) is 17.8 Å². The van der Waals surface area contributed by atoms with E-state index in [1.807, 2.05) is 0 Å². The Bertz CT molecular complexity index is 673. The molecule has 2 aliphatic carbocycles. The number of rotatable bonds is 10. The molecule has 4 fully saturated rings. The molecule has 4 aliphatic rings. The average Bonchev–Trinajstić information content (AvgIpc) is 3.28. The molecule has 0 aromatic rings. The van der Waals surface area contributed by atoms with Crippen molar-refractivity contribution >= 4 is 5.91 Å². The molecule has 0 spiro atoms. The van der Waals surface area contributed by atoms with E-state index in [2.05, 4.69) is 40.0 Å². The van der Waals surface area contributed by atoms with Crippen molar-refractivity contribution in [3.8, 4) is 0 Å². The normalized spacial score (nSPS) is 40.4. The highest BCUT2D eigenvalue weighted by Gasteiger charge is 2.47. The molecule has 9 heteroatoms. The molecule has 2 saturated carbocycles. The molecule has 4 rings (SSSR count). The van der Waals surface area contributed by atoms with Crippen molar-refractivity contribution in [3.63, 3.8) is 0 Å². The summed E-state index contributed by atoms with van der Waals surface area (Å²) < 4.78 is 25.9. The number of fused-ring (bicyclic) bond motifs is 1. The van der Waals surface area contributed by atoms with E-state index in [0.29, 0.717) is 31.5 Å². The van der Waals surface area contributed by atoms with Gasteiger partial charge in [0.05, 0.1) is 25.0 Å². The van der Waals surface area contributed by atoms with Crippen LogP contribution in [-0.4, -0.2) is 94.0 Å². The van der Waals surface area contributed by atoms with Crippen LogP contribution in [0.25, 0.3) is 0 Å². The molecule has 2 aliphatic heterocycles. The Morgan fingerprint density at radius 1 is 1.14 bits per heavy atom. The summed E-state index contributed by atoms with van der Waals surface area (Å²) in [4.78, 5) is 15.2. The Morgan fingerprint density at radius 3 is 2.74 bits per heavy atom. The predicted octanol–water partition coefficient (Wildman–Crippen LogP) is 1.61. The third kappa shape index (κ3) is 6.73. The smallest absolute Gasteiger partial charge is 0.223 e. The van der Waals surface area contributed by atoms with Gasteiger partial charge in [-0.1, -0.05) is 13.8 Å². The Morgan fingerprint density at radius 2 is 2.00 bits per heavy atom. The van der Waals surface area contributed by atoms with Crippen molar-refractivity contribution in [2.45, 2.75) is 95.5 Å². The van der Waals surface area contributed by atoms with Gasteiger partial charge >= 0.3 is 0 Å². The first-order valence-electron chi connectivity index (χ1n) is 14.0. The maximum absolute atomic E-state index is 15.0. The van der Waals surface area contributed by atoms with Gasteiger partial charge in [-0.15, -0.1) is 0 Å². The third-order valence-corrected chi connectivity index (χ3v) is 8.79. The molecule has 202 valence electrons. The minimum absolute atomic E-state index is 0.0671. The minimum atomic E-state index is -0.791. The molecule has 8 nitrogen and oxygen atoms in total. The first-order valence-corrected chi connectivity index (χ1v) is 14.0. The first-order chi connectivity index (χ1) is 17.0. The van der Waals surface area contributed by atoms with Crippen LogP contribution in [0.3, 0.4) is 0 Å². The maximum atomic E-state index is 15.0. The van der Waals surface area contributed by atoms with Gasteiger partial charge in [0.2, 0.25) is 5.91 Å². The lowest BCUT2D eigenvalue weighted by atomic mass is 9.77. The number of piperazine rings is 1. The molecular formula is C26H48FN5O3. The van der Waals surface area contributed by atoms with Gasteiger partial charge in [-0.05, 0) is 44.4 Å². The predicted molar refractivity (Wildman–Crippen MR) is 135 cm³/mol. The summed E-state index contributed by atoms with van der Waals surface area (Å²) in [5.41, 5.74) is 0. The number of alkyl halides is 1. The molecule has 9 atom stereocenters. The maximum Gasteiger partial charge on any atom is 0.223 e. The number of hydrogen-bond acceptors (Lipinski definition) is 7. The van der Waals surface area contributed by atoms with Gasteiger partial charge in [0.25, 0.3) is 0 Å². The summed E-state index contributed by atoms with van der Waals surface area (Å²) in [6, 6.07) is 0.630. The fourth-order valence-electron chi connectivity index (χ4n) is 6.87. The molecule has 0 bridgehead atoms. The van der Waals surface area contributed by atoms with Crippen LogP contribution >= 0.6 is 0 Å². The summed E-state index contributed by atoms with van der Waals surface area (Å²) >= 11 is 0. The summed E-state index contributed by atoms with van der Waals surface area (Å²) in [5, 5.41) is 14.3. The van der Waals surface area contributed by atoms with Crippen LogP contribution in [-0.2, 0) is 14.3 Å². The van der Waals surface area contributed by atoms with Gasteiger partial charge in [0.15, 0.2) is 0 Å². The van der Waals surface area contributed by atoms with Crippen LogP contribution < -0.4 is 21.3 Å². The fraction of sp³-hybridized carbons (Fsp3) is 0.962. The molecule has 2 heterocycles. The Kier molecular flexibility index (Phi) is 10.2. The van der Waals surface area contributed by atoms with Gasteiger partial charge in [0.1, 0.15) is 6.17 Å². The molecule has 4 N–H and O–H groups in total. The quantitative estimate of drug-likeness (QED) is 0.341. The van der Waals surface area contributed by atoms with Gasteiger partial charge in [-0.3, -0.25) is 25.6 Å². The largest absolute Gasteiger partial charge is 0.381 e. The van der Waals surface area contributed by atoms with Gasteiger partial charge in [-0.2, -0.15) is 0 Å². The summed E-state index contributed by atoms with van der Waals surface area (Å²) in [6.45, 7) is 8.91. The van der Waals surface area contributed by atoms with Gasteiger partial charge in [0, 0.05) is 70.2 Å². The number of hydrogen-bond donors (Lipinski definition) is 4. The zero-order valence-electron chi connectivity index (χ0n) is 21.9. The van der Waals surface area contributed by atoms with Crippen LogP contribution in [0.1, 0.15) is 58.8 Å². The fourth-order valence-corrected chi connectivity index (χ4v) is 6.87. The van der Waals surface area contributed by atoms with Gasteiger partial charge in [-0.25, -0.2) is 4.39 Å². The molecule has 2 saturated heterocycles. The van der Waals surface area contributed by atoms with E-state index in [1.165, 1.54) is 0 Å². The second-order valence-electron chi connectivity index (χ2n) is 11.1. The van der Waals surface area contributed by atoms with E-state index in [9.17, 15) is 4.79 Å². The standard InChI is InChI=1S/C26H48FN5O3/c1-4-12-35-13-10-29-26(33)20-7-5-18(14-17(20)2)31-24-25-30-16-23(32(25)11-9-28-24)21-8-6-19(34-3)15-22(21)27/h17-25,28,30-31H,4-16H2,1-3H3,(H,29,33). The van der Waals surface area contributed by atoms with Crippen LogP contribution in [0.15, 0.2) is 0 Å². The van der Waals surface area contributed by atoms with Crippen LogP contribution in [0.2, 0.25) is 0 Å². The first kappa shape index (κ1) is 27.2. The summed E-state index contributed by atoms with van der Waals surface area (Å²) in [7, 11) is 1.70. The highest BCUT2D eigenvalue weighted by molar-refractivity contribution is 5.79. The second-order valence-corrected chi connectivity index (χ2v) is 11.1. The van der Waals surface area contributed by atoms with E-state index < -0.39 is 6.17 Å². The van der Waals surface area contributed by atoms with Crippen molar-refractivity contribution < 1.29 is 18.7 Å². The van der Waals surface area contributed by atoms with Crippen molar-refractivity contribution in [1.29, 1.82) is 0 Å². The van der Waals surface area contributed by atoms with Crippen molar-refractivity contribution in [1.82, 2.24) is 26.2 Å². The Hall–Kier alpha value is -0.840. The number of ether oxygens (including phenoxy) is 2. The molecule has 35 heavy (non-hydrogen) atoms. The Labute approximate surface area is 210 Å². The van der Waals surface area contributed by atoms with Crippen LogP contribution in [0, 0.1) is 17.8 Å². The number of methoxy groups -OCH3 is 1. The zero-order valence-corrected chi connectivity index (χ0v) is 21.9. The summed E-state index contributed by atoms with van der Waals surface area (Å²) in [6.07, 6.45) is 5.87. The number of carbonyl (C=O) groups is 1. The molecule has 1 amide bonds. The topological polar surface area (TPSA) is 86.9 Å². The van der Waals surface area contributed by atoms with E-state index in [-0.39, 0.29) is 42.2 Å². The average molecular weight is 498 g/mol. The number of nitrogens with one attached hydrogen (secondary N) is 4. The molecule has 0 radical (unpaired) electrons. The van der Waals surface area contributed by atoms with E-state index >= 15 is 4.39 Å². The second kappa shape index (κ2) is 13.1. The number of carbonyl (C=O) groups excluding carboxylic acids is 1. The lowest BCUT2D eigenvalue weighted by molar-refractivity contribution is -0.128. The zero-order chi connectivity index (χ0) is 24.8. The lowest BCUT2D eigenvalue weighted by Crippen LogP contribution is -2.67. The van der Waals surface area contributed by atoms with E-state index in [4.69, 9.17) is 9.47 Å². The van der Waals surface area contributed by atoms with E-state index in [1.54, 1.807) is 7.11 Å². The molecule has 0 aromatic carbocycles. The van der Waals surface area contributed by atoms with Gasteiger partial charge < -0.3 is 14.8 Å². The minimum Gasteiger partial charge on any atom is -0.381 e. The monoisotopic (exact) mass is 497 g/mol. The van der Waals surface area contributed by atoms with E-state index in [0.717, 1.165) is 64.8 Å². The molecule has 0 aromatic heterocycles. The highest BCUT2D eigenvalue weighted by atomic mass is 19.1. The number of amides is 1. The van der Waals surface area contributed by atoms with Crippen molar-refractivity contribution in [3.05, 3.63) is 0 Å². The highest BCUT2D eigenvalue weighted by Crippen LogP contribution is 2.36. The third-order valence-electron chi connectivity index (χ3n) is 8.79. The van der Waals surface area contributed by atoms with Crippen LogP contribution in [0.4, 0.5) is 4.39 Å². The molecular weight excluding hydrogens is 449 g/mol. The lowest BCUT2D eigenvalue weighted by Gasteiger charge is -2.45. The van der Waals surface area contributed by atoms with Crippen LogP contribution in [0.5, 0.6) is 0 Å². The SMILES string of the molecule is CCCOCCNC(=O)C1CCC(NC2NCCN3C(C4CCC(OC)CC4F)CNC23)CC1C. The number of nitrogens with zero attached hydrogens (tertiary/aromatic N) is 1. The van der Waals surface area contributed by atoms with Crippen molar-refractivity contribution in [2.75, 3.05) is 46.5 Å². The summed E-state index contributed by atoms with van der Waals surface area (Å²) in [5.74, 6) is 0.666. The Balaban J connectivity index is 1.24. The number of halogens is 1.